The smallest absolute Gasteiger partial charge is 0.169 e. The molecule has 0 aliphatic carbocycles. The lowest BCUT2D eigenvalue weighted by Crippen LogP contribution is -1.84. The number of halogens is 1. The van der Waals surface area contributed by atoms with E-state index in [2.05, 4.69) is 4.98 Å². The van der Waals surface area contributed by atoms with Crippen molar-refractivity contribution >= 4 is 17.6 Å². The van der Waals surface area contributed by atoms with E-state index in [1.165, 1.54) is 23.5 Å². The minimum Gasteiger partial charge on any atom is -0.296 e. The van der Waals surface area contributed by atoms with Crippen molar-refractivity contribution in [2.75, 3.05) is 0 Å². The Morgan fingerprint density at radius 1 is 1.40 bits per heavy atom. The zero-order valence-electron chi connectivity index (χ0n) is 8.03. The van der Waals surface area contributed by atoms with Crippen LogP contribution in [0.3, 0.4) is 0 Å². The maximum Gasteiger partial charge on any atom is 0.169 e. The molecule has 0 spiro atoms. The Hall–Kier alpha value is -1.55. The maximum atomic E-state index is 13.1. The van der Waals surface area contributed by atoms with Gasteiger partial charge in [0.2, 0.25) is 0 Å². The molecule has 0 unspecified atom stereocenters. The van der Waals surface area contributed by atoms with E-state index in [1.807, 2.05) is 13.0 Å². The molecular weight excluding hydrogens is 213 g/mol. The summed E-state index contributed by atoms with van der Waals surface area (Å²) in [6.45, 7) is 1.82. The van der Waals surface area contributed by atoms with E-state index >= 15 is 0 Å². The quantitative estimate of drug-likeness (QED) is 0.729. The van der Waals surface area contributed by atoms with Crippen molar-refractivity contribution in [1.82, 2.24) is 4.98 Å². The summed E-state index contributed by atoms with van der Waals surface area (Å²) in [6.07, 6.45) is 0.687. The average molecular weight is 221 g/mol. The number of benzene rings is 1. The molecule has 0 radical (unpaired) electrons. The Morgan fingerprint density at radius 3 is 2.80 bits per heavy atom. The summed E-state index contributed by atoms with van der Waals surface area (Å²) in [4.78, 5) is 14.5. The van der Waals surface area contributed by atoms with E-state index in [9.17, 15) is 9.18 Å². The molecule has 0 amide bonds. The van der Waals surface area contributed by atoms with Gasteiger partial charge < -0.3 is 0 Å². The van der Waals surface area contributed by atoms with Crippen LogP contribution in [0.25, 0.3) is 10.6 Å². The highest BCUT2D eigenvalue weighted by molar-refractivity contribution is 7.13. The van der Waals surface area contributed by atoms with Crippen LogP contribution >= 0.6 is 11.3 Å². The molecule has 0 fully saturated rings. The summed E-state index contributed by atoms with van der Waals surface area (Å²) in [5.74, 6) is -0.284. The Labute approximate surface area is 90.4 Å². The normalized spacial score (nSPS) is 10.3. The Balaban J connectivity index is 2.48. The van der Waals surface area contributed by atoms with E-state index in [-0.39, 0.29) is 5.82 Å². The van der Waals surface area contributed by atoms with E-state index in [1.54, 1.807) is 5.38 Å². The molecule has 0 atom stereocenters. The van der Waals surface area contributed by atoms with Crippen molar-refractivity contribution in [2.45, 2.75) is 6.92 Å². The van der Waals surface area contributed by atoms with Crippen LogP contribution in [0.4, 0.5) is 4.39 Å². The van der Waals surface area contributed by atoms with Crippen LogP contribution in [0, 0.1) is 12.7 Å². The number of aryl methyl sites for hydroxylation is 1. The third kappa shape index (κ3) is 2.10. The number of carbonyl (C=O) groups excluding carboxylic acids is 1. The second kappa shape index (κ2) is 3.90. The number of hydrogen-bond donors (Lipinski definition) is 0. The largest absolute Gasteiger partial charge is 0.296 e. The van der Waals surface area contributed by atoms with Crippen LogP contribution < -0.4 is 0 Å². The van der Waals surface area contributed by atoms with E-state index < -0.39 is 0 Å². The topological polar surface area (TPSA) is 30.0 Å². The van der Waals surface area contributed by atoms with Gasteiger partial charge in [0.25, 0.3) is 0 Å². The van der Waals surface area contributed by atoms with Crippen molar-refractivity contribution < 1.29 is 9.18 Å². The molecule has 1 aromatic carbocycles. The van der Waals surface area contributed by atoms with Crippen molar-refractivity contribution in [2.24, 2.45) is 0 Å². The van der Waals surface area contributed by atoms with Gasteiger partial charge in [-0.3, -0.25) is 4.79 Å². The van der Waals surface area contributed by atoms with Crippen molar-refractivity contribution in [1.29, 1.82) is 0 Å². The molecule has 2 nitrogen and oxygen atoms in total. The summed E-state index contributed by atoms with van der Waals surface area (Å²) in [7, 11) is 0. The molecule has 0 saturated heterocycles. The molecule has 0 N–H and O–H groups in total. The first-order valence-electron chi connectivity index (χ1n) is 4.37. The number of thiazole rings is 1. The molecule has 15 heavy (non-hydrogen) atoms. The number of hydrogen-bond acceptors (Lipinski definition) is 3. The Kier molecular flexibility index (Phi) is 2.60. The van der Waals surface area contributed by atoms with Gasteiger partial charge in [0.1, 0.15) is 16.5 Å². The lowest BCUT2D eigenvalue weighted by Gasteiger charge is -1.98. The molecule has 76 valence electrons. The van der Waals surface area contributed by atoms with Crippen LogP contribution in [0.5, 0.6) is 0 Å². The van der Waals surface area contributed by atoms with Gasteiger partial charge in [-0.05, 0) is 30.7 Å². The number of nitrogens with zero attached hydrogens (tertiary/aromatic N) is 1. The molecule has 0 aliphatic heterocycles. The molecule has 0 aliphatic rings. The van der Waals surface area contributed by atoms with Crippen LogP contribution in [0.15, 0.2) is 23.6 Å². The van der Waals surface area contributed by atoms with Gasteiger partial charge >= 0.3 is 0 Å². The fourth-order valence-electron chi connectivity index (χ4n) is 1.33. The highest BCUT2D eigenvalue weighted by atomic mass is 32.1. The number of carbonyl (C=O) groups is 1. The maximum absolute atomic E-state index is 13.1. The SMILES string of the molecule is Cc1cc(F)cc(-c2nc(C=O)cs2)c1. The summed E-state index contributed by atoms with van der Waals surface area (Å²) >= 11 is 1.34. The number of aldehydes is 1. The molecule has 2 rings (SSSR count). The summed E-state index contributed by atoms with van der Waals surface area (Å²) in [5.41, 5.74) is 1.94. The standard InChI is InChI=1S/C11H8FNOS/c1-7-2-8(4-9(12)3-7)11-13-10(5-14)6-15-11/h2-6H,1H3. The molecule has 1 heterocycles. The Bertz CT molecular complexity index is 487. The first kappa shape index (κ1) is 9.98. The molecule has 1 aromatic heterocycles. The molecular formula is C11H8FNOS. The second-order valence-electron chi connectivity index (χ2n) is 3.21. The first-order chi connectivity index (χ1) is 7.19. The van der Waals surface area contributed by atoms with E-state index in [0.29, 0.717) is 22.6 Å². The van der Waals surface area contributed by atoms with Crippen LogP contribution in [0.2, 0.25) is 0 Å². The minimum absolute atomic E-state index is 0.284. The highest BCUT2D eigenvalue weighted by Gasteiger charge is 2.05. The fraction of sp³-hybridized carbons (Fsp3) is 0.0909. The van der Waals surface area contributed by atoms with Gasteiger partial charge in [0.05, 0.1) is 0 Å². The highest BCUT2D eigenvalue weighted by Crippen LogP contribution is 2.24. The van der Waals surface area contributed by atoms with Crippen molar-refractivity contribution in [3.8, 4) is 10.6 Å². The summed E-state index contributed by atoms with van der Waals surface area (Å²) in [5, 5.41) is 2.32. The minimum atomic E-state index is -0.284. The monoisotopic (exact) mass is 221 g/mol. The zero-order chi connectivity index (χ0) is 10.8. The van der Waals surface area contributed by atoms with Crippen LogP contribution in [-0.2, 0) is 0 Å². The number of aromatic nitrogens is 1. The van der Waals surface area contributed by atoms with Gasteiger partial charge in [-0.2, -0.15) is 0 Å². The molecule has 2 aromatic rings. The van der Waals surface area contributed by atoms with Crippen LogP contribution in [0.1, 0.15) is 16.1 Å². The van der Waals surface area contributed by atoms with Gasteiger partial charge in [-0.15, -0.1) is 11.3 Å². The third-order valence-electron chi connectivity index (χ3n) is 1.93. The van der Waals surface area contributed by atoms with E-state index in [4.69, 9.17) is 0 Å². The molecule has 4 heteroatoms. The molecule has 0 bridgehead atoms. The average Bonchev–Trinajstić information content (AvgIpc) is 2.64. The molecule has 0 saturated carbocycles. The van der Waals surface area contributed by atoms with Gasteiger partial charge in [-0.25, -0.2) is 9.37 Å². The number of rotatable bonds is 2. The van der Waals surface area contributed by atoms with Gasteiger partial charge in [-0.1, -0.05) is 0 Å². The first-order valence-corrected chi connectivity index (χ1v) is 5.25. The van der Waals surface area contributed by atoms with Crippen LogP contribution in [-0.4, -0.2) is 11.3 Å². The lowest BCUT2D eigenvalue weighted by molar-refractivity contribution is 0.111. The van der Waals surface area contributed by atoms with Crippen molar-refractivity contribution in [3.63, 3.8) is 0 Å². The van der Waals surface area contributed by atoms with Gasteiger partial charge in [0, 0.05) is 10.9 Å². The predicted octanol–water partition coefficient (Wildman–Crippen LogP) is 3.07. The second-order valence-corrected chi connectivity index (χ2v) is 4.07. The predicted molar refractivity (Wildman–Crippen MR) is 57.6 cm³/mol. The zero-order valence-corrected chi connectivity index (χ0v) is 8.84. The Morgan fingerprint density at radius 2 is 2.20 bits per heavy atom. The summed E-state index contributed by atoms with van der Waals surface area (Å²) < 4.78 is 13.1. The van der Waals surface area contributed by atoms with Gasteiger partial charge in [0.15, 0.2) is 6.29 Å². The summed E-state index contributed by atoms with van der Waals surface area (Å²) in [6, 6.07) is 4.72. The van der Waals surface area contributed by atoms with Crippen molar-refractivity contribution in [3.05, 3.63) is 40.7 Å². The van der Waals surface area contributed by atoms with E-state index in [0.717, 1.165) is 5.56 Å². The lowest BCUT2D eigenvalue weighted by atomic mass is 10.1. The third-order valence-corrected chi connectivity index (χ3v) is 2.84. The fourth-order valence-corrected chi connectivity index (χ4v) is 2.09.